The van der Waals surface area contributed by atoms with Crippen LogP contribution in [0.5, 0.6) is 0 Å². The number of furan rings is 1. The monoisotopic (exact) mass is 174 g/mol. The van der Waals surface area contributed by atoms with Crippen LogP contribution in [0.3, 0.4) is 0 Å². The molecule has 0 spiro atoms. The van der Waals surface area contributed by atoms with Gasteiger partial charge in [-0.15, -0.1) is 0 Å². The maximum atomic E-state index is 5.26. The Labute approximate surface area is 76.1 Å². The predicted molar refractivity (Wildman–Crippen MR) is 49.7 cm³/mol. The van der Waals surface area contributed by atoms with Crippen molar-refractivity contribution in [1.29, 1.82) is 0 Å². The first-order chi connectivity index (χ1) is 6.42. The zero-order chi connectivity index (χ0) is 8.67. The summed E-state index contributed by atoms with van der Waals surface area (Å²) < 4.78 is 10.4. The Kier molecular flexibility index (Phi) is 1.43. The molecule has 1 aromatic carbocycles. The minimum Gasteiger partial charge on any atom is -0.464 e. The van der Waals surface area contributed by atoms with Crippen LogP contribution in [0.2, 0.25) is 0 Å². The number of benzene rings is 1. The number of rotatable bonds is 2. The van der Waals surface area contributed by atoms with Gasteiger partial charge >= 0.3 is 0 Å². The lowest BCUT2D eigenvalue weighted by atomic mass is 10.1. The van der Waals surface area contributed by atoms with Gasteiger partial charge in [-0.2, -0.15) is 0 Å². The molecule has 3 rings (SSSR count). The molecular weight excluding hydrogens is 164 g/mol. The molecule has 0 amide bonds. The van der Waals surface area contributed by atoms with E-state index >= 15 is 0 Å². The summed E-state index contributed by atoms with van der Waals surface area (Å²) in [5.74, 6) is 0. The van der Waals surface area contributed by atoms with E-state index in [1.54, 1.807) is 6.26 Å². The Morgan fingerprint density at radius 1 is 1.31 bits per heavy atom. The molecule has 0 radical (unpaired) electrons. The second-order valence-electron chi connectivity index (χ2n) is 3.45. The van der Waals surface area contributed by atoms with E-state index in [2.05, 4.69) is 12.1 Å². The third kappa shape index (κ3) is 1.33. The standard InChI is InChI=1S/C11H10O2/c1-2-11-9(3-4-12-11)5-8(1)6-10-7-13-10/h1-5,10H,6-7H2. The van der Waals surface area contributed by atoms with Crippen molar-refractivity contribution in [2.24, 2.45) is 0 Å². The first-order valence-corrected chi connectivity index (χ1v) is 4.49. The normalized spacial score (nSPS) is 20.8. The van der Waals surface area contributed by atoms with Gasteiger partial charge in [-0.25, -0.2) is 0 Å². The highest BCUT2D eigenvalue weighted by atomic mass is 16.6. The summed E-state index contributed by atoms with van der Waals surface area (Å²) in [5.41, 5.74) is 2.29. The largest absolute Gasteiger partial charge is 0.464 e. The van der Waals surface area contributed by atoms with Gasteiger partial charge in [-0.05, 0) is 23.8 Å². The molecule has 0 saturated carbocycles. The van der Waals surface area contributed by atoms with Gasteiger partial charge in [-0.1, -0.05) is 6.07 Å². The van der Waals surface area contributed by atoms with E-state index in [9.17, 15) is 0 Å². The Morgan fingerprint density at radius 2 is 2.23 bits per heavy atom. The molecular formula is C11H10O2. The SMILES string of the molecule is c1cc2cc(CC3CO3)ccc2o1. The highest BCUT2D eigenvalue weighted by molar-refractivity contribution is 5.77. The molecule has 66 valence electrons. The molecule has 2 heteroatoms. The van der Waals surface area contributed by atoms with Crippen molar-refractivity contribution in [1.82, 2.24) is 0 Å². The maximum Gasteiger partial charge on any atom is 0.133 e. The molecule has 1 unspecified atom stereocenters. The van der Waals surface area contributed by atoms with Crippen molar-refractivity contribution in [2.45, 2.75) is 12.5 Å². The molecule has 1 atom stereocenters. The summed E-state index contributed by atoms with van der Waals surface area (Å²) in [4.78, 5) is 0. The summed E-state index contributed by atoms with van der Waals surface area (Å²) >= 11 is 0. The van der Waals surface area contributed by atoms with Gasteiger partial charge in [-0.3, -0.25) is 0 Å². The van der Waals surface area contributed by atoms with E-state index in [1.807, 2.05) is 12.1 Å². The molecule has 2 nitrogen and oxygen atoms in total. The highest BCUT2D eigenvalue weighted by Gasteiger charge is 2.22. The molecule has 2 aromatic rings. The lowest BCUT2D eigenvalue weighted by molar-refractivity contribution is 0.407. The van der Waals surface area contributed by atoms with E-state index < -0.39 is 0 Å². The third-order valence-corrected chi connectivity index (χ3v) is 2.38. The van der Waals surface area contributed by atoms with Gasteiger partial charge in [0.2, 0.25) is 0 Å². The number of fused-ring (bicyclic) bond motifs is 1. The van der Waals surface area contributed by atoms with Crippen LogP contribution in [0.15, 0.2) is 34.9 Å². The molecule has 2 heterocycles. The summed E-state index contributed by atoms with van der Waals surface area (Å²) in [5, 5.41) is 1.18. The zero-order valence-electron chi connectivity index (χ0n) is 7.19. The third-order valence-electron chi connectivity index (χ3n) is 2.38. The van der Waals surface area contributed by atoms with E-state index in [-0.39, 0.29) is 0 Å². The summed E-state index contributed by atoms with van der Waals surface area (Å²) in [6.45, 7) is 0.920. The van der Waals surface area contributed by atoms with Crippen LogP contribution in [0.25, 0.3) is 11.0 Å². The van der Waals surface area contributed by atoms with Crippen LogP contribution < -0.4 is 0 Å². The summed E-state index contributed by atoms with van der Waals surface area (Å²) in [6, 6.07) is 8.29. The molecule has 1 aromatic heterocycles. The minimum atomic E-state index is 0.462. The lowest BCUT2D eigenvalue weighted by Crippen LogP contribution is -1.91. The number of hydrogen-bond donors (Lipinski definition) is 0. The number of ether oxygens (including phenoxy) is 1. The lowest BCUT2D eigenvalue weighted by Gasteiger charge is -1.96. The Hall–Kier alpha value is -1.28. The molecule has 1 aliphatic rings. The van der Waals surface area contributed by atoms with E-state index in [1.165, 1.54) is 10.9 Å². The van der Waals surface area contributed by atoms with Crippen LogP contribution in [0.4, 0.5) is 0 Å². The quantitative estimate of drug-likeness (QED) is 0.653. The van der Waals surface area contributed by atoms with Gasteiger partial charge in [0.1, 0.15) is 5.58 Å². The zero-order valence-corrected chi connectivity index (χ0v) is 7.19. The topological polar surface area (TPSA) is 25.7 Å². The number of hydrogen-bond acceptors (Lipinski definition) is 2. The molecule has 1 fully saturated rings. The van der Waals surface area contributed by atoms with Gasteiger partial charge < -0.3 is 9.15 Å². The molecule has 0 N–H and O–H groups in total. The Balaban J connectivity index is 1.99. The van der Waals surface area contributed by atoms with Crippen molar-refractivity contribution in [2.75, 3.05) is 6.61 Å². The highest BCUT2D eigenvalue weighted by Crippen LogP contribution is 2.21. The van der Waals surface area contributed by atoms with Gasteiger partial charge in [0.05, 0.1) is 19.0 Å². The second kappa shape index (κ2) is 2.60. The van der Waals surface area contributed by atoms with Crippen molar-refractivity contribution >= 4 is 11.0 Å². The summed E-state index contributed by atoms with van der Waals surface area (Å²) in [7, 11) is 0. The molecule has 1 saturated heterocycles. The summed E-state index contributed by atoms with van der Waals surface area (Å²) in [6.07, 6.45) is 3.22. The van der Waals surface area contributed by atoms with Crippen LogP contribution in [-0.4, -0.2) is 12.7 Å². The maximum absolute atomic E-state index is 5.26. The van der Waals surface area contributed by atoms with E-state index in [4.69, 9.17) is 9.15 Å². The van der Waals surface area contributed by atoms with Crippen LogP contribution in [0.1, 0.15) is 5.56 Å². The Bertz CT molecular complexity index is 426. The average Bonchev–Trinajstić information content (AvgIpc) is 2.83. The fourth-order valence-corrected chi connectivity index (χ4v) is 1.59. The van der Waals surface area contributed by atoms with Crippen LogP contribution in [-0.2, 0) is 11.2 Å². The first kappa shape index (κ1) is 7.15. The molecule has 13 heavy (non-hydrogen) atoms. The van der Waals surface area contributed by atoms with Crippen LogP contribution >= 0.6 is 0 Å². The van der Waals surface area contributed by atoms with Crippen molar-refractivity contribution in [3.05, 3.63) is 36.1 Å². The Morgan fingerprint density at radius 3 is 3.08 bits per heavy atom. The van der Waals surface area contributed by atoms with E-state index in [0.29, 0.717) is 6.10 Å². The fourth-order valence-electron chi connectivity index (χ4n) is 1.59. The average molecular weight is 174 g/mol. The fraction of sp³-hybridized carbons (Fsp3) is 0.273. The predicted octanol–water partition coefficient (Wildman–Crippen LogP) is 2.37. The van der Waals surface area contributed by atoms with Gasteiger partial charge in [0, 0.05) is 11.8 Å². The number of epoxide rings is 1. The van der Waals surface area contributed by atoms with Crippen LogP contribution in [0, 0.1) is 0 Å². The van der Waals surface area contributed by atoms with Crippen molar-refractivity contribution in [3.8, 4) is 0 Å². The second-order valence-corrected chi connectivity index (χ2v) is 3.45. The molecule has 1 aliphatic heterocycles. The van der Waals surface area contributed by atoms with E-state index in [0.717, 1.165) is 18.6 Å². The first-order valence-electron chi connectivity index (χ1n) is 4.49. The minimum absolute atomic E-state index is 0.462. The smallest absolute Gasteiger partial charge is 0.133 e. The van der Waals surface area contributed by atoms with Gasteiger partial charge in [0.15, 0.2) is 0 Å². The molecule has 0 bridgehead atoms. The van der Waals surface area contributed by atoms with Crippen molar-refractivity contribution < 1.29 is 9.15 Å². The van der Waals surface area contributed by atoms with Gasteiger partial charge in [0.25, 0.3) is 0 Å². The van der Waals surface area contributed by atoms with Crippen molar-refractivity contribution in [3.63, 3.8) is 0 Å². The molecule has 0 aliphatic carbocycles.